The zero-order valence-electron chi connectivity index (χ0n) is 10.1. The predicted molar refractivity (Wildman–Crippen MR) is 65.9 cm³/mol. The van der Waals surface area contributed by atoms with E-state index in [1.165, 1.54) is 0 Å². The van der Waals surface area contributed by atoms with E-state index in [-0.39, 0.29) is 5.97 Å². The maximum atomic E-state index is 11.6. The van der Waals surface area contributed by atoms with E-state index < -0.39 is 5.41 Å². The number of ether oxygens (including phenoxy) is 1. The van der Waals surface area contributed by atoms with Gasteiger partial charge in [0.25, 0.3) is 0 Å². The second-order valence-corrected chi connectivity index (χ2v) is 4.19. The minimum absolute atomic E-state index is 0.192. The minimum atomic E-state index is -0.578. The van der Waals surface area contributed by atoms with Crippen LogP contribution in [0.3, 0.4) is 0 Å². The Labute approximate surface area is 96.9 Å². The van der Waals surface area contributed by atoms with E-state index in [0.29, 0.717) is 6.61 Å². The summed E-state index contributed by atoms with van der Waals surface area (Å²) in [4.78, 5) is 11.6. The number of benzene rings is 1. The molecule has 2 heteroatoms. The Bertz CT molecular complexity index is 364. The third kappa shape index (κ3) is 3.54. The van der Waals surface area contributed by atoms with E-state index >= 15 is 0 Å². The first-order chi connectivity index (χ1) is 7.56. The molecular weight excluding hydrogens is 200 g/mol. The first-order valence-electron chi connectivity index (χ1n) is 5.48. The van der Waals surface area contributed by atoms with Gasteiger partial charge in [-0.05, 0) is 26.3 Å². The number of rotatable bonds is 4. The van der Waals surface area contributed by atoms with Crippen molar-refractivity contribution in [3.05, 3.63) is 42.0 Å². The van der Waals surface area contributed by atoms with Gasteiger partial charge in [-0.2, -0.15) is 0 Å². The van der Waals surface area contributed by atoms with Gasteiger partial charge in [0.2, 0.25) is 0 Å². The van der Waals surface area contributed by atoms with Crippen molar-refractivity contribution >= 4 is 12.0 Å². The van der Waals surface area contributed by atoms with Crippen molar-refractivity contribution in [3.8, 4) is 0 Å². The molecule has 0 aliphatic rings. The van der Waals surface area contributed by atoms with Crippen molar-refractivity contribution in [2.24, 2.45) is 5.41 Å². The Kier molecular flexibility index (Phi) is 4.29. The SMILES string of the molecule is CCOC(=O)C(C)(C)C=Cc1ccccc1. The summed E-state index contributed by atoms with van der Waals surface area (Å²) in [5.74, 6) is -0.192. The first kappa shape index (κ1) is 12.5. The van der Waals surface area contributed by atoms with Crippen LogP contribution in [0.1, 0.15) is 26.3 Å². The fourth-order valence-corrected chi connectivity index (χ4v) is 1.25. The van der Waals surface area contributed by atoms with Crippen LogP contribution in [0.2, 0.25) is 0 Å². The molecule has 86 valence electrons. The van der Waals surface area contributed by atoms with Crippen molar-refractivity contribution in [1.82, 2.24) is 0 Å². The average Bonchev–Trinajstić information content (AvgIpc) is 2.28. The molecule has 0 atom stereocenters. The van der Waals surface area contributed by atoms with Crippen LogP contribution >= 0.6 is 0 Å². The summed E-state index contributed by atoms with van der Waals surface area (Å²) in [6, 6.07) is 9.90. The Morgan fingerprint density at radius 1 is 1.31 bits per heavy atom. The fraction of sp³-hybridized carbons (Fsp3) is 0.357. The van der Waals surface area contributed by atoms with Crippen molar-refractivity contribution in [2.75, 3.05) is 6.61 Å². The molecule has 0 saturated carbocycles. The molecule has 1 aromatic rings. The molecule has 0 aliphatic heterocycles. The molecule has 0 amide bonds. The summed E-state index contributed by atoms with van der Waals surface area (Å²) in [5.41, 5.74) is 0.506. The Hall–Kier alpha value is -1.57. The minimum Gasteiger partial charge on any atom is -0.465 e. The molecular formula is C14H18O2. The average molecular weight is 218 g/mol. The summed E-state index contributed by atoms with van der Waals surface area (Å²) in [7, 11) is 0. The van der Waals surface area contributed by atoms with Crippen LogP contribution in [-0.4, -0.2) is 12.6 Å². The topological polar surface area (TPSA) is 26.3 Å². The summed E-state index contributed by atoms with van der Waals surface area (Å²) in [6.07, 6.45) is 3.82. The Balaban J connectivity index is 2.72. The molecule has 0 unspecified atom stereocenters. The highest BCUT2D eigenvalue weighted by Gasteiger charge is 2.25. The zero-order chi connectivity index (χ0) is 12.0. The van der Waals surface area contributed by atoms with Crippen LogP contribution in [0.15, 0.2) is 36.4 Å². The molecule has 0 saturated heterocycles. The van der Waals surface area contributed by atoms with E-state index in [0.717, 1.165) is 5.56 Å². The molecule has 0 fully saturated rings. The third-order valence-corrected chi connectivity index (χ3v) is 2.29. The highest BCUT2D eigenvalue weighted by molar-refractivity contribution is 5.79. The predicted octanol–water partition coefficient (Wildman–Crippen LogP) is 3.29. The maximum Gasteiger partial charge on any atom is 0.315 e. The largest absolute Gasteiger partial charge is 0.465 e. The maximum absolute atomic E-state index is 11.6. The number of carbonyl (C=O) groups excluding carboxylic acids is 1. The van der Waals surface area contributed by atoms with Crippen LogP contribution in [0.5, 0.6) is 0 Å². The molecule has 0 aromatic heterocycles. The van der Waals surface area contributed by atoms with Crippen LogP contribution < -0.4 is 0 Å². The molecule has 0 N–H and O–H groups in total. The smallest absolute Gasteiger partial charge is 0.315 e. The molecule has 1 rings (SSSR count). The van der Waals surface area contributed by atoms with Gasteiger partial charge in [-0.15, -0.1) is 0 Å². The molecule has 0 heterocycles. The lowest BCUT2D eigenvalue weighted by Crippen LogP contribution is -2.24. The highest BCUT2D eigenvalue weighted by atomic mass is 16.5. The van der Waals surface area contributed by atoms with Gasteiger partial charge < -0.3 is 4.74 Å². The Morgan fingerprint density at radius 2 is 1.94 bits per heavy atom. The number of carbonyl (C=O) groups is 1. The lowest BCUT2D eigenvalue weighted by atomic mass is 9.92. The quantitative estimate of drug-likeness (QED) is 0.725. The lowest BCUT2D eigenvalue weighted by molar-refractivity contribution is -0.150. The monoisotopic (exact) mass is 218 g/mol. The summed E-state index contributed by atoms with van der Waals surface area (Å²) in [6.45, 7) is 5.94. The van der Waals surface area contributed by atoms with E-state index in [1.807, 2.05) is 63.3 Å². The highest BCUT2D eigenvalue weighted by Crippen LogP contribution is 2.20. The van der Waals surface area contributed by atoms with Gasteiger partial charge >= 0.3 is 5.97 Å². The van der Waals surface area contributed by atoms with Gasteiger partial charge in [-0.3, -0.25) is 4.79 Å². The summed E-state index contributed by atoms with van der Waals surface area (Å²) in [5, 5.41) is 0. The second-order valence-electron chi connectivity index (χ2n) is 4.19. The van der Waals surface area contributed by atoms with Crippen LogP contribution in [0.25, 0.3) is 6.08 Å². The number of esters is 1. The van der Waals surface area contributed by atoms with E-state index in [1.54, 1.807) is 0 Å². The van der Waals surface area contributed by atoms with Crippen molar-refractivity contribution in [2.45, 2.75) is 20.8 Å². The van der Waals surface area contributed by atoms with Gasteiger partial charge in [-0.25, -0.2) is 0 Å². The molecule has 0 bridgehead atoms. The molecule has 0 spiro atoms. The third-order valence-electron chi connectivity index (χ3n) is 2.29. The normalized spacial score (nSPS) is 11.7. The van der Waals surface area contributed by atoms with Gasteiger partial charge in [0.05, 0.1) is 12.0 Å². The van der Waals surface area contributed by atoms with Gasteiger partial charge in [0.15, 0.2) is 0 Å². The number of hydrogen-bond acceptors (Lipinski definition) is 2. The zero-order valence-corrected chi connectivity index (χ0v) is 10.1. The fourth-order valence-electron chi connectivity index (χ4n) is 1.25. The first-order valence-corrected chi connectivity index (χ1v) is 5.48. The summed E-state index contributed by atoms with van der Waals surface area (Å²) >= 11 is 0. The molecule has 1 aromatic carbocycles. The summed E-state index contributed by atoms with van der Waals surface area (Å²) < 4.78 is 5.00. The standard InChI is InChI=1S/C14H18O2/c1-4-16-13(15)14(2,3)11-10-12-8-6-5-7-9-12/h5-11H,4H2,1-3H3. The van der Waals surface area contributed by atoms with Crippen molar-refractivity contribution in [1.29, 1.82) is 0 Å². The molecule has 16 heavy (non-hydrogen) atoms. The van der Waals surface area contributed by atoms with E-state index in [4.69, 9.17) is 4.74 Å². The second kappa shape index (κ2) is 5.50. The van der Waals surface area contributed by atoms with Crippen molar-refractivity contribution in [3.63, 3.8) is 0 Å². The van der Waals surface area contributed by atoms with Gasteiger partial charge in [-0.1, -0.05) is 42.5 Å². The lowest BCUT2D eigenvalue weighted by Gasteiger charge is -2.17. The van der Waals surface area contributed by atoms with Gasteiger partial charge in [0, 0.05) is 0 Å². The molecule has 2 nitrogen and oxygen atoms in total. The Morgan fingerprint density at radius 3 is 2.50 bits per heavy atom. The molecule has 0 aliphatic carbocycles. The van der Waals surface area contributed by atoms with Crippen LogP contribution in [0.4, 0.5) is 0 Å². The number of hydrogen-bond donors (Lipinski definition) is 0. The van der Waals surface area contributed by atoms with Gasteiger partial charge in [0.1, 0.15) is 0 Å². The van der Waals surface area contributed by atoms with Crippen molar-refractivity contribution < 1.29 is 9.53 Å². The molecule has 0 radical (unpaired) electrons. The van der Waals surface area contributed by atoms with Crippen LogP contribution in [0, 0.1) is 5.41 Å². The van der Waals surface area contributed by atoms with Crippen LogP contribution in [-0.2, 0) is 9.53 Å². The van der Waals surface area contributed by atoms with E-state index in [2.05, 4.69) is 0 Å². The van der Waals surface area contributed by atoms with E-state index in [9.17, 15) is 4.79 Å².